The van der Waals surface area contributed by atoms with Crippen LogP contribution in [0.25, 0.3) is 5.69 Å². The van der Waals surface area contributed by atoms with Crippen LogP contribution in [0.5, 0.6) is 0 Å². The van der Waals surface area contributed by atoms with Crippen molar-refractivity contribution in [1.29, 1.82) is 0 Å². The fourth-order valence-electron chi connectivity index (χ4n) is 2.81. The molecule has 1 unspecified atom stereocenters. The topological polar surface area (TPSA) is 69.0 Å². The Balaban J connectivity index is 1.79. The Morgan fingerprint density at radius 2 is 2.27 bits per heavy atom. The number of benzene rings is 1. The monoisotopic (exact) mass is 378 g/mol. The van der Waals surface area contributed by atoms with Crippen molar-refractivity contribution < 1.29 is 13.9 Å². The van der Waals surface area contributed by atoms with Gasteiger partial charge in [-0.05, 0) is 25.0 Å². The Morgan fingerprint density at radius 3 is 3.00 bits per heavy atom. The molecule has 1 amide bonds. The van der Waals surface area contributed by atoms with Crippen molar-refractivity contribution in [2.24, 2.45) is 0 Å². The quantitative estimate of drug-likeness (QED) is 0.716. The van der Waals surface area contributed by atoms with Crippen molar-refractivity contribution in [2.75, 3.05) is 18.9 Å². The van der Waals surface area contributed by atoms with Gasteiger partial charge in [0.05, 0.1) is 11.8 Å². The first-order valence-electron chi connectivity index (χ1n) is 8.89. The minimum absolute atomic E-state index is 0.0186. The summed E-state index contributed by atoms with van der Waals surface area (Å²) < 4.78 is 21.8. The van der Waals surface area contributed by atoms with E-state index in [2.05, 4.69) is 15.5 Å². The van der Waals surface area contributed by atoms with Crippen molar-refractivity contribution in [3.05, 3.63) is 35.9 Å². The summed E-state index contributed by atoms with van der Waals surface area (Å²) in [6.45, 7) is 3.04. The second-order valence-corrected chi connectivity index (χ2v) is 7.07. The van der Waals surface area contributed by atoms with Crippen LogP contribution < -0.4 is 5.32 Å². The molecule has 1 saturated heterocycles. The Morgan fingerprint density at radius 1 is 1.42 bits per heavy atom. The van der Waals surface area contributed by atoms with Gasteiger partial charge in [-0.3, -0.25) is 9.36 Å². The lowest BCUT2D eigenvalue weighted by Crippen LogP contribution is -2.25. The molecule has 2 aromatic rings. The molecule has 140 valence electrons. The van der Waals surface area contributed by atoms with Gasteiger partial charge in [0.1, 0.15) is 11.6 Å². The number of hydrogen-bond donors (Lipinski definition) is 1. The van der Waals surface area contributed by atoms with E-state index in [1.54, 1.807) is 29.7 Å². The van der Waals surface area contributed by atoms with Crippen molar-refractivity contribution in [2.45, 2.75) is 43.9 Å². The van der Waals surface area contributed by atoms with Crippen LogP contribution >= 0.6 is 11.8 Å². The standard InChI is InChI=1S/C18H23FN4O2S/c1-2-17(24)20-10-9-16-21-22-18(26-12-13-6-5-11-25-13)23(16)15-8-4-3-7-14(15)19/h3-4,7-8,13H,2,5-6,9-12H2,1H3,(H,20,24). The van der Waals surface area contributed by atoms with Gasteiger partial charge in [-0.1, -0.05) is 30.8 Å². The molecule has 1 fully saturated rings. The van der Waals surface area contributed by atoms with Gasteiger partial charge in [-0.2, -0.15) is 0 Å². The summed E-state index contributed by atoms with van der Waals surface area (Å²) in [5.74, 6) is 1.04. The third-order valence-electron chi connectivity index (χ3n) is 4.21. The SMILES string of the molecule is CCC(=O)NCCc1nnc(SCC2CCCO2)n1-c1ccccc1F. The zero-order valence-electron chi connectivity index (χ0n) is 14.8. The highest BCUT2D eigenvalue weighted by molar-refractivity contribution is 7.99. The third-order valence-corrected chi connectivity index (χ3v) is 5.27. The Kier molecular flexibility index (Phi) is 6.62. The maximum absolute atomic E-state index is 14.4. The first-order valence-corrected chi connectivity index (χ1v) is 9.88. The molecule has 1 aromatic heterocycles. The predicted molar refractivity (Wildman–Crippen MR) is 98.0 cm³/mol. The van der Waals surface area contributed by atoms with E-state index in [0.29, 0.717) is 36.1 Å². The Labute approximate surface area is 156 Å². The van der Waals surface area contributed by atoms with Crippen LogP contribution in [0.2, 0.25) is 0 Å². The van der Waals surface area contributed by atoms with Crippen LogP contribution in [0, 0.1) is 5.82 Å². The molecule has 8 heteroatoms. The smallest absolute Gasteiger partial charge is 0.219 e. The zero-order chi connectivity index (χ0) is 18.4. The summed E-state index contributed by atoms with van der Waals surface area (Å²) in [6.07, 6.45) is 3.23. The molecule has 6 nitrogen and oxygen atoms in total. The van der Waals surface area contributed by atoms with E-state index in [0.717, 1.165) is 25.2 Å². The number of aromatic nitrogens is 3. The average molecular weight is 378 g/mol. The average Bonchev–Trinajstić information content (AvgIpc) is 3.30. The second kappa shape index (κ2) is 9.14. The zero-order valence-corrected chi connectivity index (χ0v) is 15.6. The van der Waals surface area contributed by atoms with Crippen LogP contribution in [-0.4, -0.2) is 45.7 Å². The van der Waals surface area contributed by atoms with Gasteiger partial charge in [0.15, 0.2) is 5.16 Å². The van der Waals surface area contributed by atoms with E-state index in [1.807, 2.05) is 0 Å². The normalized spacial score (nSPS) is 16.8. The number of rotatable bonds is 8. The lowest BCUT2D eigenvalue weighted by molar-refractivity contribution is -0.120. The van der Waals surface area contributed by atoms with Gasteiger partial charge in [0.2, 0.25) is 5.91 Å². The first kappa shape index (κ1) is 18.8. The number of ether oxygens (including phenoxy) is 1. The molecular weight excluding hydrogens is 355 g/mol. The van der Waals surface area contributed by atoms with Crippen LogP contribution in [0.15, 0.2) is 29.4 Å². The molecule has 0 aliphatic carbocycles. The summed E-state index contributed by atoms with van der Waals surface area (Å²) >= 11 is 1.52. The summed E-state index contributed by atoms with van der Waals surface area (Å²) in [4.78, 5) is 11.4. The molecule has 0 spiro atoms. The highest BCUT2D eigenvalue weighted by Gasteiger charge is 2.21. The maximum atomic E-state index is 14.4. The van der Waals surface area contributed by atoms with Gasteiger partial charge in [-0.15, -0.1) is 10.2 Å². The van der Waals surface area contributed by atoms with Crippen molar-refractivity contribution in [3.8, 4) is 5.69 Å². The molecule has 1 aliphatic heterocycles. The second-order valence-electron chi connectivity index (χ2n) is 6.09. The van der Waals surface area contributed by atoms with Crippen LogP contribution in [0.4, 0.5) is 4.39 Å². The summed E-state index contributed by atoms with van der Waals surface area (Å²) in [5.41, 5.74) is 0.421. The highest BCUT2D eigenvalue weighted by atomic mass is 32.2. The fourth-order valence-corrected chi connectivity index (χ4v) is 3.84. The maximum Gasteiger partial charge on any atom is 0.219 e. The minimum Gasteiger partial charge on any atom is -0.377 e. The molecule has 1 N–H and O–H groups in total. The van der Waals surface area contributed by atoms with Gasteiger partial charge >= 0.3 is 0 Å². The summed E-state index contributed by atoms with van der Waals surface area (Å²) in [5, 5.41) is 11.9. The number of thioether (sulfide) groups is 1. The van der Waals surface area contributed by atoms with Gasteiger partial charge in [0, 0.05) is 31.7 Å². The number of carbonyl (C=O) groups excluding carboxylic acids is 1. The third kappa shape index (κ3) is 4.62. The lowest BCUT2D eigenvalue weighted by Gasteiger charge is -2.13. The van der Waals surface area contributed by atoms with Gasteiger partial charge < -0.3 is 10.1 Å². The lowest BCUT2D eigenvalue weighted by atomic mass is 10.3. The largest absolute Gasteiger partial charge is 0.377 e. The Bertz CT molecular complexity index is 747. The van der Waals surface area contributed by atoms with E-state index in [4.69, 9.17) is 4.74 Å². The number of halogens is 1. The molecule has 0 saturated carbocycles. The van der Waals surface area contributed by atoms with Gasteiger partial charge in [-0.25, -0.2) is 4.39 Å². The van der Waals surface area contributed by atoms with Crippen molar-refractivity contribution in [1.82, 2.24) is 20.1 Å². The predicted octanol–water partition coefficient (Wildman–Crippen LogP) is 2.75. The molecule has 2 heterocycles. The Hall–Kier alpha value is -1.93. The number of carbonyl (C=O) groups is 1. The molecular formula is C18H23FN4O2S. The highest BCUT2D eigenvalue weighted by Crippen LogP contribution is 2.27. The molecule has 3 rings (SSSR count). The van der Waals surface area contributed by atoms with E-state index >= 15 is 0 Å². The van der Waals surface area contributed by atoms with Crippen LogP contribution in [0.3, 0.4) is 0 Å². The molecule has 1 atom stereocenters. The number of nitrogens with zero attached hydrogens (tertiary/aromatic N) is 3. The van der Waals surface area contributed by atoms with E-state index in [-0.39, 0.29) is 17.8 Å². The van der Waals surface area contributed by atoms with E-state index in [9.17, 15) is 9.18 Å². The molecule has 0 bridgehead atoms. The van der Waals surface area contributed by atoms with Gasteiger partial charge in [0.25, 0.3) is 0 Å². The molecule has 0 radical (unpaired) electrons. The van der Waals surface area contributed by atoms with Crippen molar-refractivity contribution in [3.63, 3.8) is 0 Å². The number of hydrogen-bond acceptors (Lipinski definition) is 5. The van der Waals surface area contributed by atoms with E-state index in [1.165, 1.54) is 17.8 Å². The van der Waals surface area contributed by atoms with Crippen LogP contribution in [-0.2, 0) is 16.0 Å². The summed E-state index contributed by atoms with van der Waals surface area (Å²) in [6, 6.07) is 6.58. The fraction of sp³-hybridized carbons (Fsp3) is 0.500. The minimum atomic E-state index is -0.329. The summed E-state index contributed by atoms with van der Waals surface area (Å²) in [7, 11) is 0. The molecule has 1 aromatic carbocycles. The first-order chi connectivity index (χ1) is 12.7. The van der Waals surface area contributed by atoms with E-state index < -0.39 is 0 Å². The molecule has 26 heavy (non-hydrogen) atoms. The number of para-hydroxylation sites is 1. The van der Waals surface area contributed by atoms with Crippen molar-refractivity contribution >= 4 is 17.7 Å². The van der Waals surface area contributed by atoms with Crippen LogP contribution in [0.1, 0.15) is 32.0 Å². The number of amides is 1. The number of nitrogens with one attached hydrogen (secondary N) is 1. The molecule has 1 aliphatic rings.